The van der Waals surface area contributed by atoms with Crippen LogP contribution in [0, 0.1) is 0 Å². The molecule has 2 aromatic rings. The smallest absolute Gasteiger partial charge is 0.160 e. The molecule has 4 rings (SSSR count). The molecule has 4 heterocycles. The largest absolute Gasteiger partial charge is 0.378 e. The van der Waals surface area contributed by atoms with E-state index in [0.717, 1.165) is 49.5 Å². The number of hydrogen-bond donors (Lipinski definition) is 1. The molecule has 118 valence electrons. The standard InChI is InChI=1S/C17H24N4O/c1-2-10-22-14(6-1)11-16-20-15-7-4-9-19-17(15)21(16)12-13-5-3-8-18-13/h4,7,9,13-14,18H,1-3,5-6,8,10-12H2. The first-order valence-electron chi connectivity index (χ1n) is 8.55. The third-order valence-corrected chi connectivity index (χ3v) is 4.83. The zero-order valence-electron chi connectivity index (χ0n) is 13.0. The van der Waals surface area contributed by atoms with E-state index in [1.165, 1.54) is 25.7 Å². The number of aromatic nitrogens is 3. The van der Waals surface area contributed by atoms with E-state index in [2.05, 4.69) is 20.9 Å². The number of rotatable bonds is 4. The van der Waals surface area contributed by atoms with Crippen molar-refractivity contribution >= 4 is 11.2 Å². The molecule has 0 radical (unpaired) electrons. The van der Waals surface area contributed by atoms with Crippen LogP contribution < -0.4 is 5.32 Å². The third-order valence-electron chi connectivity index (χ3n) is 4.83. The second-order valence-corrected chi connectivity index (χ2v) is 6.47. The molecule has 2 aliphatic heterocycles. The van der Waals surface area contributed by atoms with Gasteiger partial charge in [0.25, 0.3) is 0 Å². The van der Waals surface area contributed by atoms with Gasteiger partial charge in [-0.1, -0.05) is 0 Å². The molecule has 0 saturated carbocycles. The lowest BCUT2D eigenvalue weighted by Gasteiger charge is -2.23. The summed E-state index contributed by atoms with van der Waals surface area (Å²) in [4.78, 5) is 9.41. The van der Waals surface area contributed by atoms with Gasteiger partial charge in [-0.2, -0.15) is 0 Å². The van der Waals surface area contributed by atoms with E-state index in [1.54, 1.807) is 0 Å². The molecule has 2 saturated heterocycles. The van der Waals surface area contributed by atoms with E-state index in [-0.39, 0.29) is 0 Å². The Morgan fingerprint density at radius 1 is 1.27 bits per heavy atom. The van der Waals surface area contributed by atoms with Crippen molar-refractivity contribution < 1.29 is 4.74 Å². The van der Waals surface area contributed by atoms with Crippen molar-refractivity contribution in [2.45, 2.75) is 57.2 Å². The minimum atomic E-state index is 0.320. The summed E-state index contributed by atoms with van der Waals surface area (Å²) in [6, 6.07) is 4.57. The van der Waals surface area contributed by atoms with Crippen molar-refractivity contribution in [3.05, 3.63) is 24.2 Å². The molecule has 2 aliphatic rings. The summed E-state index contributed by atoms with van der Waals surface area (Å²) in [5, 5.41) is 3.58. The molecule has 1 N–H and O–H groups in total. The van der Waals surface area contributed by atoms with Gasteiger partial charge in [-0.05, 0) is 50.8 Å². The Bertz CT molecular complexity index is 627. The summed E-state index contributed by atoms with van der Waals surface area (Å²) in [5.74, 6) is 1.13. The maximum absolute atomic E-state index is 5.91. The fourth-order valence-corrected chi connectivity index (χ4v) is 3.66. The van der Waals surface area contributed by atoms with Gasteiger partial charge >= 0.3 is 0 Å². The number of imidazole rings is 1. The van der Waals surface area contributed by atoms with Gasteiger partial charge in [-0.3, -0.25) is 0 Å². The Balaban J connectivity index is 1.62. The van der Waals surface area contributed by atoms with Crippen LogP contribution >= 0.6 is 0 Å². The molecule has 0 aromatic carbocycles. The third kappa shape index (κ3) is 2.88. The molecule has 22 heavy (non-hydrogen) atoms. The summed E-state index contributed by atoms with van der Waals surface area (Å²) in [6.45, 7) is 2.99. The van der Waals surface area contributed by atoms with Gasteiger partial charge in [0.2, 0.25) is 0 Å². The Labute approximate surface area is 131 Å². The number of ether oxygens (including phenoxy) is 1. The topological polar surface area (TPSA) is 52.0 Å². The van der Waals surface area contributed by atoms with Crippen molar-refractivity contribution in [1.29, 1.82) is 0 Å². The van der Waals surface area contributed by atoms with E-state index >= 15 is 0 Å². The first kappa shape index (κ1) is 14.2. The molecule has 0 spiro atoms. The van der Waals surface area contributed by atoms with Crippen LogP contribution in [0.2, 0.25) is 0 Å². The number of nitrogens with one attached hydrogen (secondary N) is 1. The lowest BCUT2D eigenvalue weighted by Crippen LogP contribution is -2.29. The zero-order chi connectivity index (χ0) is 14.8. The van der Waals surface area contributed by atoms with Crippen molar-refractivity contribution in [2.24, 2.45) is 0 Å². The van der Waals surface area contributed by atoms with Gasteiger partial charge in [-0.15, -0.1) is 0 Å². The highest BCUT2D eigenvalue weighted by Crippen LogP contribution is 2.21. The molecule has 0 aliphatic carbocycles. The highest BCUT2D eigenvalue weighted by molar-refractivity contribution is 5.71. The minimum Gasteiger partial charge on any atom is -0.378 e. The summed E-state index contributed by atoms with van der Waals surface area (Å²) < 4.78 is 8.23. The molecule has 2 unspecified atom stereocenters. The predicted octanol–water partition coefficient (Wildman–Crippen LogP) is 2.29. The van der Waals surface area contributed by atoms with Crippen LogP contribution in [0.15, 0.2) is 18.3 Å². The summed E-state index contributed by atoms with van der Waals surface area (Å²) in [5.41, 5.74) is 2.02. The van der Waals surface area contributed by atoms with Gasteiger partial charge in [0.05, 0.1) is 6.10 Å². The van der Waals surface area contributed by atoms with Gasteiger partial charge in [0.15, 0.2) is 5.65 Å². The fraction of sp³-hybridized carbons (Fsp3) is 0.647. The molecule has 5 nitrogen and oxygen atoms in total. The molecular weight excluding hydrogens is 276 g/mol. The first-order chi connectivity index (χ1) is 10.9. The quantitative estimate of drug-likeness (QED) is 0.941. The lowest BCUT2D eigenvalue weighted by molar-refractivity contribution is 0.0152. The van der Waals surface area contributed by atoms with Crippen molar-refractivity contribution in [1.82, 2.24) is 19.9 Å². The molecule has 2 aromatic heterocycles. The van der Waals surface area contributed by atoms with E-state index < -0.39 is 0 Å². The lowest BCUT2D eigenvalue weighted by atomic mass is 10.1. The van der Waals surface area contributed by atoms with E-state index in [0.29, 0.717) is 12.1 Å². The first-order valence-corrected chi connectivity index (χ1v) is 8.55. The summed E-state index contributed by atoms with van der Waals surface area (Å²) in [6.07, 6.45) is 9.22. The number of fused-ring (bicyclic) bond motifs is 1. The van der Waals surface area contributed by atoms with Crippen molar-refractivity contribution in [3.8, 4) is 0 Å². The van der Waals surface area contributed by atoms with Crippen LogP contribution in [-0.2, 0) is 17.7 Å². The molecule has 5 heteroatoms. The molecule has 2 atom stereocenters. The van der Waals surface area contributed by atoms with E-state index in [1.807, 2.05) is 12.3 Å². The van der Waals surface area contributed by atoms with Crippen molar-refractivity contribution in [3.63, 3.8) is 0 Å². The normalized spacial score (nSPS) is 25.8. The Hall–Kier alpha value is -1.46. The van der Waals surface area contributed by atoms with Crippen LogP contribution in [0.1, 0.15) is 37.9 Å². The average molecular weight is 300 g/mol. The fourth-order valence-electron chi connectivity index (χ4n) is 3.66. The number of hydrogen-bond acceptors (Lipinski definition) is 4. The monoisotopic (exact) mass is 300 g/mol. The Morgan fingerprint density at radius 2 is 2.27 bits per heavy atom. The van der Waals surface area contributed by atoms with Crippen LogP contribution in [0.4, 0.5) is 0 Å². The highest BCUT2D eigenvalue weighted by Gasteiger charge is 2.22. The van der Waals surface area contributed by atoms with Crippen LogP contribution in [0.25, 0.3) is 11.2 Å². The minimum absolute atomic E-state index is 0.320. The van der Waals surface area contributed by atoms with Crippen LogP contribution in [0.5, 0.6) is 0 Å². The maximum atomic E-state index is 5.91. The molecule has 2 fully saturated rings. The Kier molecular flexibility index (Phi) is 4.08. The maximum Gasteiger partial charge on any atom is 0.160 e. The van der Waals surface area contributed by atoms with Gasteiger partial charge in [0, 0.05) is 31.8 Å². The summed E-state index contributed by atoms with van der Waals surface area (Å²) in [7, 11) is 0. The molecule has 0 amide bonds. The summed E-state index contributed by atoms with van der Waals surface area (Å²) >= 11 is 0. The van der Waals surface area contributed by atoms with Crippen LogP contribution in [-0.4, -0.2) is 39.8 Å². The van der Waals surface area contributed by atoms with Gasteiger partial charge in [0.1, 0.15) is 11.3 Å². The van der Waals surface area contributed by atoms with Gasteiger partial charge in [-0.25, -0.2) is 9.97 Å². The second-order valence-electron chi connectivity index (χ2n) is 6.47. The van der Waals surface area contributed by atoms with E-state index in [9.17, 15) is 0 Å². The number of pyridine rings is 1. The average Bonchev–Trinajstić information content (AvgIpc) is 3.18. The SMILES string of the molecule is c1cnc2c(c1)nc(CC1CCCCO1)n2CC1CCCN1. The second kappa shape index (κ2) is 6.34. The van der Waals surface area contributed by atoms with Crippen LogP contribution in [0.3, 0.4) is 0 Å². The van der Waals surface area contributed by atoms with Crippen molar-refractivity contribution in [2.75, 3.05) is 13.2 Å². The predicted molar refractivity (Wildman–Crippen MR) is 85.8 cm³/mol. The molecule has 0 bridgehead atoms. The number of nitrogens with zero attached hydrogens (tertiary/aromatic N) is 3. The molecular formula is C17H24N4O. The highest BCUT2D eigenvalue weighted by atomic mass is 16.5. The van der Waals surface area contributed by atoms with E-state index in [4.69, 9.17) is 9.72 Å². The zero-order valence-corrected chi connectivity index (χ0v) is 13.0. The Morgan fingerprint density at radius 3 is 3.09 bits per heavy atom. The van der Waals surface area contributed by atoms with Gasteiger partial charge < -0.3 is 14.6 Å².